The van der Waals surface area contributed by atoms with Crippen molar-refractivity contribution in [3.63, 3.8) is 0 Å². The summed E-state index contributed by atoms with van der Waals surface area (Å²) in [5.41, 5.74) is 3.76. The van der Waals surface area contributed by atoms with E-state index < -0.39 is 0 Å². The summed E-state index contributed by atoms with van der Waals surface area (Å²) >= 11 is 0. The molecule has 2 amide bonds. The monoisotopic (exact) mass is 431 g/mol. The minimum absolute atomic E-state index is 0.0302. The SMILES string of the molecule is Cc1cccc(NC(=O)c2ccccc2NC(=O)CN(CCO)CCc2ccccc2)c1. The fourth-order valence-corrected chi connectivity index (χ4v) is 3.45. The molecule has 0 fully saturated rings. The number of carbonyl (C=O) groups is 2. The summed E-state index contributed by atoms with van der Waals surface area (Å²) in [5, 5.41) is 15.1. The predicted molar refractivity (Wildman–Crippen MR) is 128 cm³/mol. The normalized spacial score (nSPS) is 10.7. The Kier molecular flexibility index (Phi) is 8.54. The Morgan fingerprint density at radius 2 is 1.62 bits per heavy atom. The Bertz CT molecular complexity index is 1040. The first kappa shape index (κ1) is 23.2. The molecule has 6 nitrogen and oxygen atoms in total. The largest absolute Gasteiger partial charge is 0.395 e. The van der Waals surface area contributed by atoms with Gasteiger partial charge in [0.15, 0.2) is 0 Å². The number of benzene rings is 3. The second-order valence-electron chi connectivity index (χ2n) is 7.65. The van der Waals surface area contributed by atoms with Crippen LogP contribution >= 0.6 is 0 Å². The zero-order chi connectivity index (χ0) is 22.8. The van der Waals surface area contributed by atoms with E-state index in [0.717, 1.165) is 12.0 Å². The zero-order valence-corrected chi connectivity index (χ0v) is 18.3. The molecule has 0 aromatic heterocycles. The maximum absolute atomic E-state index is 12.8. The highest BCUT2D eigenvalue weighted by Gasteiger charge is 2.16. The number of anilines is 2. The van der Waals surface area contributed by atoms with Crippen molar-refractivity contribution < 1.29 is 14.7 Å². The van der Waals surface area contributed by atoms with Crippen LogP contribution in [0.15, 0.2) is 78.9 Å². The molecule has 0 aliphatic rings. The minimum Gasteiger partial charge on any atom is -0.395 e. The van der Waals surface area contributed by atoms with E-state index in [1.807, 2.05) is 66.4 Å². The lowest BCUT2D eigenvalue weighted by atomic mass is 10.1. The Hall–Kier alpha value is -3.48. The van der Waals surface area contributed by atoms with Crippen molar-refractivity contribution in [3.8, 4) is 0 Å². The summed E-state index contributed by atoms with van der Waals surface area (Å²) in [5.74, 6) is -0.523. The number of carbonyl (C=O) groups excluding carboxylic acids is 2. The molecule has 32 heavy (non-hydrogen) atoms. The van der Waals surface area contributed by atoms with Crippen molar-refractivity contribution in [2.24, 2.45) is 0 Å². The molecule has 6 heteroatoms. The lowest BCUT2D eigenvalue weighted by Crippen LogP contribution is -2.37. The Balaban J connectivity index is 1.62. The molecule has 0 unspecified atom stereocenters. The molecule has 0 aliphatic heterocycles. The van der Waals surface area contributed by atoms with Crippen LogP contribution in [-0.2, 0) is 11.2 Å². The van der Waals surface area contributed by atoms with Crippen LogP contribution in [-0.4, -0.2) is 48.1 Å². The Morgan fingerprint density at radius 3 is 2.38 bits per heavy atom. The van der Waals surface area contributed by atoms with Gasteiger partial charge in [0.25, 0.3) is 5.91 Å². The van der Waals surface area contributed by atoms with Gasteiger partial charge in [0.05, 0.1) is 24.4 Å². The number of aliphatic hydroxyl groups is 1. The van der Waals surface area contributed by atoms with Crippen molar-refractivity contribution in [1.29, 1.82) is 0 Å². The summed E-state index contributed by atoms with van der Waals surface area (Å²) in [6.45, 7) is 3.10. The van der Waals surface area contributed by atoms with E-state index in [0.29, 0.717) is 30.0 Å². The van der Waals surface area contributed by atoms with Crippen molar-refractivity contribution in [2.75, 3.05) is 36.9 Å². The third-order valence-corrected chi connectivity index (χ3v) is 5.06. The molecule has 0 bridgehead atoms. The number of hydrogen-bond acceptors (Lipinski definition) is 4. The van der Waals surface area contributed by atoms with Gasteiger partial charge in [-0.1, -0.05) is 54.6 Å². The van der Waals surface area contributed by atoms with Gasteiger partial charge < -0.3 is 15.7 Å². The number of aliphatic hydroxyl groups excluding tert-OH is 1. The average molecular weight is 432 g/mol. The molecule has 3 aromatic carbocycles. The lowest BCUT2D eigenvalue weighted by Gasteiger charge is -2.21. The smallest absolute Gasteiger partial charge is 0.257 e. The maximum Gasteiger partial charge on any atom is 0.257 e. The molecular weight excluding hydrogens is 402 g/mol. The van der Waals surface area contributed by atoms with Crippen molar-refractivity contribution in [2.45, 2.75) is 13.3 Å². The number of nitrogens with one attached hydrogen (secondary N) is 2. The number of amides is 2. The van der Waals surface area contributed by atoms with E-state index >= 15 is 0 Å². The second-order valence-corrected chi connectivity index (χ2v) is 7.65. The van der Waals surface area contributed by atoms with Crippen molar-refractivity contribution in [1.82, 2.24) is 4.90 Å². The molecule has 0 saturated heterocycles. The molecule has 0 heterocycles. The van der Waals surface area contributed by atoms with E-state index in [2.05, 4.69) is 10.6 Å². The highest BCUT2D eigenvalue weighted by atomic mass is 16.3. The van der Waals surface area contributed by atoms with Gasteiger partial charge in [-0.2, -0.15) is 0 Å². The van der Waals surface area contributed by atoms with Gasteiger partial charge in [0, 0.05) is 18.8 Å². The topological polar surface area (TPSA) is 81.7 Å². The van der Waals surface area contributed by atoms with Gasteiger partial charge in [-0.3, -0.25) is 14.5 Å². The van der Waals surface area contributed by atoms with Crippen LogP contribution in [0.5, 0.6) is 0 Å². The molecule has 0 spiro atoms. The fourth-order valence-electron chi connectivity index (χ4n) is 3.45. The first-order chi connectivity index (χ1) is 15.5. The number of nitrogens with zero attached hydrogens (tertiary/aromatic N) is 1. The summed E-state index contributed by atoms with van der Waals surface area (Å²) < 4.78 is 0. The molecule has 166 valence electrons. The number of rotatable bonds is 10. The first-order valence-electron chi connectivity index (χ1n) is 10.7. The molecule has 3 aromatic rings. The van der Waals surface area contributed by atoms with E-state index in [4.69, 9.17) is 0 Å². The van der Waals surface area contributed by atoms with Crippen molar-refractivity contribution in [3.05, 3.63) is 95.6 Å². The summed E-state index contributed by atoms with van der Waals surface area (Å²) in [6, 6.07) is 24.5. The van der Waals surface area contributed by atoms with Gasteiger partial charge >= 0.3 is 0 Å². The van der Waals surface area contributed by atoms with Gasteiger partial charge in [-0.25, -0.2) is 0 Å². The molecule has 3 N–H and O–H groups in total. The quantitative estimate of drug-likeness (QED) is 0.457. The minimum atomic E-state index is -0.289. The van der Waals surface area contributed by atoms with Crippen molar-refractivity contribution >= 4 is 23.2 Å². The van der Waals surface area contributed by atoms with Gasteiger partial charge in [0.1, 0.15) is 0 Å². The molecule has 0 radical (unpaired) electrons. The van der Waals surface area contributed by atoms with E-state index in [1.54, 1.807) is 24.3 Å². The lowest BCUT2D eigenvalue weighted by molar-refractivity contribution is -0.117. The number of hydrogen-bond donors (Lipinski definition) is 3. The van der Waals surface area contributed by atoms with E-state index in [9.17, 15) is 14.7 Å². The summed E-state index contributed by atoms with van der Waals surface area (Å²) in [4.78, 5) is 27.4. The fraction of sp³-hybridized carbons (Fsp3) is 0.231. The molecule has 0 aliphatic carbocycles. The number of aryl methyl sites for hydroxylation is 1. The van der Waals surface area contributed by atoms with E-state index in [1.165, 1.54) is 5.56 Å². The van der Waals surface area contributed by atoms with Crippen LogP contribution in [0.3, 0.4) is 0 Å². The average Bonchev–Trinajstić information content (AvgIpc) is 2.78. The molecule has 0 atom stereocenters. The van der Waals surface area contributed by atoms with Crippen LogP contribution in [0, 0.1) is 6.92 Å². The molecule has 3 rings (SSSR count). The van der Waals surface area contributed by atoms with Crippen LogP contribution in [0.25, 0.3) is 0 Å². The first-order valence-corrected chi connectivity index (χ1v) is 10.7. The van der Waals surface area contributed by atoms with E-state index in [-0.39, 0.29) is 25.0 Å². The second kappa shape index (κ2) is 11.8. The zero-order valence-electron chi connectivity index (χ0n) is 18.3. The highest BCUT2D eigenvalue weighted by Crippen LogP contribution is 2.18. The third kappa shape index (κ3) is 7.04. The van der Waals surface area contributed by atoms with Crippen LogP contribution < -0.4 is 10.6 Å². The Labute approximate surface area is 188 Å². The predicted octanol–water partition coefficient (Wildman–Crippen LogP) is 3.72. The molecular formula is C26H29N3O3. The maximum atomic E-state index is 12.8. The standard InChI is InChI=1S/C26H29N3O3/c1-20-8-7-11-22(18-20)27-26(32)23-12-5-6-13-24(23)28-25(31)19-29(16-17-30)15-14-21-9-3-2-4-10-21/h2-13,18,30H,14-17,19H2,1H3,(H,27,32)(H,28,31). The third-order valence-electron chi connectivity index (χ3n) is 5.06. The summed E-state index contributed by atoms with van der Waals surface area (Å²) in [7, 11) is 0. The summed E-state index contributed by atoms with van der Waals surface area (Å²) in [6.07, 6.45) is 0.781. The Morgan fingerprint density at radius 1 is 0.875 bits per heavy atom. The van der Waals surface area contributed by atoms with Gasteiger partial charge in [-0.15, -0.1) is 0 Å². The molecule has 0 saturated carbocycles. The van der Waals surface area contributed by atoms with Crippen LogP contribution in [0.2, 0.25) is 0 Å². The van der Waals surface area contributed by atoms with Crippen LogP contribution in [0.1, 0.15) is 21.5 Å². The van der Waals surface area contributed by atoms with Crippen LogP contribution in [0.4, 0.5) is 11.4 Å². The highest BCUT2D eigenvalue weighted by molar-refractivity contribution is 6.10. The number of para-hydroxylation sites is 1. The van der Waals surface area contributed by atoms with Gasteiger partial charge in [0.2, 0.25) is 5.91 Å². The van der Waals surface area contributed by atoms with Gasteiger partial charge in [-0.05, 0) is 48.7 Å².